The minimum Gasteiger partial charge on any atom is -0.394 e. The molecule has 1 heterocycles. The molecule has 1 aliphatic heterocycles. The zero-order valence-electron chi connectivity index (χ0n) is 29.1. The number of aliphatic hydroxyl groups is 8. The molecule has 5 rings (SSSR count). The highest BCUT2D eigenvalue weighted by Crippen LogP contribution is 2.75. The average Bonchev–Trinajstić information content (AvgIpc) is 3.27. The Hall–Kier alpha value is -0.660. The van der Waals surface area contributed by atoms with Crippen LogP contribution in [0.3, 0.4) is 0 Å². The molecular formula is C36H62O10. The predicted molar refractivity (Wildman–Crippen MR) is 171 cm³/mol. The normalized spacial score (nSPS) is 48.3. The maximum Gasteiger partial charge on any atom is 0.187 e. The van der Waals surface area contributed by atoms with Crippen LogP contribution < -0.4 is 0 Å². The van der Waals surface area contributed by atoms with Crippen LogP contribution in [0.25, 0.3) is 0 Å². The Morgan fingerprint density at radius 1 is 0.891 bits per heavy atom. The van der Waals surface area contributed by atoms with Gasteiger partial charge >= 0.3 is 0 Å². The Kier molecular flexibility index (Phi) is 9.78. The van der Waals surface area contributed by atoms with E-state index in [9.17, 15) is 40.9 Å². The van der Waals surface area contributed by atoms with E-state index in [2.05, 4.69) is 40.7 Å². The molecule has 3 saturated carbocycles. The van der Waals surface area contributed by atoms with Gasteiger partial charge in [0.2, 0.25) is 0 Å². The summed E-state index contributed by atoms with van der Waals surface area (Å²) in [6, 6.07) is 0. The number of hydrogen-bond donors (Lipinski definition) is 8. The van der Waals surface area contributed by atoms with Crippen molar-refractivity contribution >= 4 is 0 Å². The van der Waals surface area contributed by atoms with Crippen LogP contribution in [0.15, 0.2) is 11.6 Å². The summed E-state index contributed by atoms with van der Waals surface area (Å²) in [6.07, 6.45) is -1.84. The third-order valence-electron chi connectivity index (χ3n) is 14.6. The molecule has 4 aliphatic carbocycles. The Labute approximate surface area is 274 Å². The summed E-state index contributed by atoms with van der Waals surface area (Å²) in [7, 11) is 0. The lowest BCUT2D eigenvalue weighted by atomic mass is 9.39. The van der Waals surface area contributed by atoms with Crippen molar-refractivity contribution in [3.05, 3.63) is 11.6 Å². The SMILES string of the molecule is C[C@@H]([C@H](O)[C@H](O)[C@H](O)C(C)(C)O)[C@@H]1CC[C@]2(C)[C@H]3CC=C4[C@@H](CC[C@H](O[C@@H]5O[C@@H](CO)[C@@H](O)[C@@H](O)[C@H]5O)C4(C)C)[C@]3(C)CC[C@@]12C. The summed E-state index contributed by atoms with van der Waals surface area (Å²) in [5, 5.41) is 83.9. The first-order valence-electron chi connectivity index (χ1n) is 17.6. The smallest absolute Gasteiger partial charge is 0.187 e. The van der Waals surface area contributed by atoms with Gasteiger partial charge in [-0.3, -0.25) is 0 Å². The van der Waals surface area contributed by atoms with Crippen molar-refractivity contribution in [1.29, 1.82) is 0 Å². The summed E-state index contributed by atoms with van der Waals surface area (Å²) in [4.78, 5) is 0. The Balaban J connectivity index is 1.36. The second kappa shape index (κ2) is 12.3. The van der Waals surface area contributed by atoms with Crippen LogP contribution >= 0.6 is 0 Å². The van der Waals surface area contributed by atoms with E-state index < -0.39 is 61.2 Å². The molecule has 0 aromatic heterocycles. The van der Waals surface area contributed by atoms with Crippen molar-refractivity contribution in [2.24, 2.45) is 45.3 Å². The molecule has 5 aliphatic rings. The first kappa shape index (κ1) is 36.6. The van der Waals surface area contributed by atoms with Crippen LogP contribution in [-0.2, 0) is 9.47 Å². The molecular weight excluding hydrogens is 592 g/mol. The molecule has 0 bridgehead atoms. The lowest BCUT2D eigenvalue weighted by Crippen LogP contribution is -2.62. The van der Waals surface area contributed by atoms with Crippen LogP contribution in [0.2, 0.25) is 0 Å². The van der Waals surface area contributed by atoms with Gasteiger partial charge in [0.25, 0.3) is 0 Å². The molecule has 4 fully saturated rings. The molecule has 0 unspecified atom stereocenters. The topological polar surface area (TPSA) is 180 Å². The third kappa shape index (κ3) is 5.46. The molecule has 10 heteroatoms. The fourth-order valence-corrected chi connectivity index (χ4v) is 11.3. The maximum atomic E-state index is 11.3. The number of rotatable bonds is 8. The van der Waals surface area contributed by atoms with Gasteiger partial charge < -0.3 is 50.3 Å². The van der Waals surface area contributed by atoms with Gasteiger partial charge in [0.1, 0.15) is 36.6 Å². The summed E-state index contributed by atoms with van der Waals surface area (Å²) in [5.41, 5.74) is -0.542. The second-order valence-corrected chi connectivity index (χ2v) is 17.5. The highest BCUT2D eigenvalue weighted by Gasteiger charge is 2.68. The molecule has 0 radical (unpaired) electrons. The summed E-state index contributed by atoms with van der Waals surface area (Å²) in [6.45, 7) is 16.0. The van der Waals surface area contributed by atoms with Gasteiger partial charge in [-0.05, 0) is 98.7 Å². The van der Waals surface area contributed by atoms with Crippen molar-refractivity contribution in [3.63, 3.8) is 0 Å². The van der Waals surface area contributed by atoms with Gasteiger partial charge in [0.05, 0.1) is 24.4 Å². The Morgan fingerprint density at radius 2 is 1.54 bits per heavy atom. The van der Waals surface area contributed by atoms with E-state index in [0.717, 1.165) is 44.9 Å². The highest BCUT2D eigenvalue weighted by atomic mass is 16.7. The molecule has 266 valence electrons. The molecule has 0 aromatic carbocycles. The summed E-state index contributed by atoms with van der Waals surface area (Å²) < 4.78 is 12.1. The Bertz CT molecular complexity index is 1130. The van der Waals surface area contributed by atoms with Gasteiger partial charge in [-0.15, -0.1) is 0 Å². The van der Waals surface area contributed by atoms with Crippen molar-refractivity contribution in [2.45, 2.75) is 161 Å². The largest absolute Gasteiger partial charge is 0.394 e. The molecule has 8 N–H and O–H groups in total. The number of fused-ring (bicyclic) bond motifs is 5. The Morgan fingerprint density at radius 3 is 2.15 bits per heavy atom. The van der Waals surface area contributed by atoms with Crippen LogP contribution in [0.5, 0.6) is 0 Å². The molecule has 0 aromatic rings. The summed E-state index contributed by atoms with van der Waals surface area (Å²) in [5.74, 6) is 0.674. The molecule has 16 atom stereocenters. The number of aliphatic hydroxyl groups excluding tert-OH is 7. The molecule has 0 spiro atoms. The van der Waals surface area contributed by atoms with Crippen LogP contribution in [-0.4, -0.2) is 108 Å². The van der Waals surface area contributed by atoms with Gasteiger partial charge in [-0.1, -0.05) is 53.2 Å². The van der Waals surface area contributed by atoms with Crippen LogP contribution in [0.1, 0.15) is 100 Å². The van der Waals surface area contributed by atoms with E-state index in [0.29, 0.717) is 11.8 Å². The number of allylic oxidation sites excluding steroid dienone is 1. The highest BCUT2D eigenvalue weighted by molar-refractivity contribution is 5.30. The maximum absolute atomic E-state index is 11.3. The minimum atomic E-state index is -1.53. The van der Waals surface area contributed by atoms with Crippen molar-refractivity contribution in [3.8, 4) is 0 Å². The summed E-state index contributed by atoms with van der Waals surface area (Å²) >= 11 is 0. The van der Waals surface area contributed by atoms with Gasteiger partial charge in [-0.25, -0.2) is 0 Å². The van der Waals surface area contributed by atoms with E-state index >= 15 is 0 Å². The van der Waals surface area contributed by atoms with E-state index in [-0.39, 0.29) is 39.6 Å². The zero-order chi connectivity index (χ0) is 34.4. The fourth-order valence-electron chi connectivity index (χ4n) is 11.3. The van der Waals surface area contributed by atoms with Crippen LogP contribution in [0, 0.1) is 45.3 Å². The molecule has 46 heavy (non-hydrogen) atoms. The zero-order valence-corrected chi connectivity index (χ0v) is 29.1. The molecule has 10 nitrogen and oxygen atoms in total. The van der Waals surface area contributed by atoms with E-state index in [1.54, 1.807) is 0 Å². The average molecular weight is 655 g/mol. The minimum absolute atomic E-state index is 0.00825. The van der Waals surface area contributed by atoms with E-state index in [1.165, 1.54) is 19.4 Å². The standard InChI is InChI=1S/C36H62O10/c1-18(25(38)28(41)30(43)33(4,5)44)19-13-14-36(8)23-11-9-20-21(34(23,6)15-16-35(19,36)7)10-12-24(32(20,2)3)46-31-29(42)27(40)26(39)22(17-37)45-31/h9,18-19,21-31,37-44H,10-17H2,1-8H3/t18-,19+,21-,22+,23+,24+,25+,26-,27-,28+,29-,30+,31+,34+,35+,36-/m1/s1. The predicted octanol–water partition coefficient (Wildman–Crippen LogP) is 2.27. The van der Waals surface area contributed by atoms with E-state index in [4.69, 9.17) is 9.47 Å². The lowest BCUT2D eigenvalue weighted by molar-refractivity contribution is -0.320. The monoisotopic (exact) mass is 654 g/mol. The third-order valence-corrected chi connectivity index (χ3v) is 14.6. The van der Waals surface area contributed by atoms with Gasteiger partial charge in [-0.2, -0.15) is 0 Å². The first-order valence-corrected chi connectivity index (χ1v) is 17.6. The van der Waals surface area contributed by atoms with Crippen LogP contribution in [0.4, 0.5) is 0 Å². The lowest BCUT2D eigenvalue weighted by Gasteiger charge is -2.66. The fraction of sp³-hybridized carbons (Fsp3) is 0.944. The number of ether oxygens (including phenoxy) is 2. The van der Waals surface area contributed by atoms with E-state index in [1.807, 2.05) is 6.92 Å². The van der Waals surface area contributed by atoms with Gasteiger partial charge in [0.15, 0.2) is 6.29 Å². The first-order chi connectivity index (χ1) is 21.2. The van der Waals surface area contributed by atoms with Crippen molar-refractivity contribution in [2.75, 3.05) is 6.61 Å². The van der Waals surface area contributed by atoms with Crippen molar-refractivity contribution < 1.29 is 50.3 Å². The second-order valence-electron chi connectivity index (χ2n) is 17.5. The van der Waals surface area contributed by atoms with Gasteiger partial charge in [0, 0.05) is 5.41 Å². The number of hydrogen-bond acceptors (Lipinski definition) is 10. The van der Waals surface area contributed by atoms with Crippen molar-refractivity contribution in [1.82, 2.24) is 0 Å². The quantitative estimate of drug-likeness (QED) is 0.181. The molecule has 1 saturated heterocycles. The molecule has 0 amide bonds.